The number of carboxylic acids is 1. The number of aliphatic hydroxyl groups excluding tert-OH is 1. The summed E-state index contributed by atoms with van der Waals surface area (Å²) in [5.74, 6) is -2.56. The molecular weight excluding hydrogens is 532 g/mol. The quantitative estimate of drug-likeness (QED) is 0.252. The molecule has 1 saturated heterocycles. The maximum absolute atomic E-state index is 12.8. The van der Waals surface area contributed by atoms with Gasteiger partial charge in [-0.1, -0.05) is 56.3 Å². The van der Waals surface area contributed by atoms with Crippen molar-refractivity contribution < 1.29 is 34.1 Å². The Morgan fingerprint density at radius 1 is 1.12 bits per heavy atom. The molecule has 0 aliphatic carbocycles. The molecule has 1 aliphatic rings. The highest BCUT2D eigenvalue weighted by atomic mass is 32.2. The van der Waals surface area contributed by atoms with Crippen LogP contribution in [-0.2, 0) is 19.1 Å². The van der Waals surface area contributed by atoms with Crippen LogP contribution in [0.5, 0.6) is 0 Å². The highest BCUT2D eigenvalue weighted by molar-refractivity contribution is 7.99. The number of carboxylic acid groups (broad SMARTS) is 1. The van der Waals surface area contributed by atoms with E-state index in [0.717, 1.165) is 22.6 Å². The van der Waals surface area contributed by atoms with Crippen molar-refractivity contribution in [3.8, 4) is 11.1 Å². The minimum Gasteiger partial charge on any atom is -0.477 e. The minimum atomic E-state index is -1.87. The van der Waals surface area contributed by atoms with Crippen molar-refractivity contribution in [1.82, 2.24) is 10.6 Å². The standard InChI is InChI=1S/C30H40N2O7S/c1-4-40-18-8-17-38-30(29(36)37)16-15-25(32-21(3)33)27(39-30)20(2)26(34)19-31-28(35)24-13-11-23(12-14-24)22-9-6-5-7-10-22/h5-7,9-14,20,25-27,34H,4,8,15-19H2,1-3H3,(H,31,35)(H,32,33)(H,36,37)/t20-,25-,26-,27?,30-/m1/s1. The fourth-order valence-corrected chi connectivity index (χ4v) is 5.39. The highest BCUT2D eigenvalue weighted by Crippen LogP contribution is 2.35. The van der Waals surface area contributed by atoms with E-state index in [2.05, 4.69) is 17.6 Å². The molecule has 1 unspecified atom stereocenters. The maximum Gasteiger partial charge on any atom is 0.364 e. The summed E-state index contributed by atoms with van der Waals surface area (Å²) >= 11 is 1.74. The predicted molar refractivity (Wildman–Crippen MR) is 155 cm³/mol. The molecule has 40 heavy (non-hydrogen) atoms. The van der Waals surface area contributed by atoms with Crippen molar-refractivity contribution >= 4 is 29.5 Å². The van der Waals surface area contributed by atoms with Gasteiger partial charge in [0.25, 0.3) is 11.7 Å². The summed E-state index contributed by atoms with van der Waals surface area (Å²) in [6, 6.07) is 16.5. The highest BCUT2D eigenvalue weighted by Gasteiger charge is 2.51. The fraction of sp³-hybridized carbons (Fsp3) is 0.500. The minimum absolute atomic E-state index is 0.0588. The smallest absolute Gasteiger partial charge is 0.364 e. The Hall–Kier alpha value is -2.92. The van der Waals surface area contributed by atoms with Crippen molar-refractivity contribution in [2.24, 2.45) is 5.92 Å². The van der Waals surface area contributed by atoms with Gasteiger partial charge in [-0.3, -0.25) is 9.59 Å². The lowest BCUT2D eigenvalue weighted by molar-refractivity contribution is -0.290. The number of ether oxygens (including phenoxy) is 2. The Kier molecular flexibility index (Phi) is 12.0. The zero-order chi connectivity index (χ0) is 29.1. The van der Waals surface area contributed by atoms with Crippen LogP contribution in [0.2, 0.25) is 0 Å². The lowest BCUT2D eigenvalue weighted by Gasteiger charge is -2.45. The first-order valence-electron chi connectivity index (χ1n) is 13.7. The molecule has 0 radical (unpaired) electrons. The molecule has 2 amide bonds. The van der Waals surface area contributed by atoms with Crippen molar-refractivity contribution in [3.63, 3.8) is 0 Å². The number of thioether (sulfide) groups is 1. The van der Waals surface area contributed by atoms with Gasteiger partial charge in [0.05, 0.1) is 24.9 Å². The van der Waals surface area contributed by atoms with Crippen LogP contribution in [-0.4, -0.2) is 76.7 Å². The van der Waals surface area contributed by atoms with Crippen LogP contribution in [0.1, 0.15) is 50.4 Å². The largest absolute Gasteiger partial charge is 0.477 e. The van der Waals surface area contributed by atoms with E-state index in [-0.39, 0.29) is 31.4 Å². The number of aliphatic hydroxyl groups is 1. The summed E-state index contributed by atoms with van der Waals surface area (Å²) in [4.78, 5) is 36.9. The molecule has 1 aliphatic heterocycles. The van der Waals surface area contributed by atoms with E-state index in [9.17, 15) is 24.6 Å². The zero-order valence-electron chi connectivity index (χ0n) is 23.3. The first-order chi connectivity index (χ1) is 19.2. The van der Waals surface area contributed by atoms with Crippen LogP contribution in [0.3, 0.4) is 0 Å². The molecule has 0 spiro atoms. The van der Waals surface area contributed by atoms with Gasteiger partial charge in [0.15, 0.2) is 0 Å². The van der Waals surface area contributed by atoms with E-state index >= 15 is 0 Å². The van der Waals surface area contributed by atoms with Gasteiger partial charge in [0.2, 0.25) is 5.91 Å². The van der Waals surface area contributed by atoms with Crippen LogP contribution in [0.25, 0.3) is 11.1 Å². The predicted octanol–water partition coefficient (Wildman–Crippen LogP) is 3.70. The monoisotopic (exact) mass is 572 g/mol. The number of hydrogen-bond donors (Lipinski definition) is 4. The summed E-state index contributed by atoms with van der Waals surface area (Å²) in [6.07, 6.45) is -0.886. The van der Waals surface area contributed by atoms with Gasteiger partial charge >= 0.3 is 5.97 Å². The van der Waals surface area contributed by atoms with Gasteiger partial charge in [-0.15, -0.1) is 0 Å². The summed E-state index contributed by atoms with van der Waals surface area (Å²) in [5, 5.41) is 26.6. The lowest BCUT2D eigenvalue weighted by atomic mass is 9.86. The second-order valence-electron chi connectivity index (χ2n) is 9.97. The molecule has 1 fully saturated rings. The molecule has 1 heterocycles. The summed E-state index contributed by atoms with van der Waals surface area (Å²) in [7, 11) is 0. The Labute approximate surface area is 240 Å². The molecule has 4 N–H and O–H groups in total. The van der Waals surface area contributed by atoms with E-state index in [1.54, 1.807) is 30.8 Å². The number of rotatable bonds is 14. The summed E-state index contributed by atoms with van der Waals surface area (Å²) in [5.41, 5.74) is 2.47. The fourth-order valence-electron chi connectivity index (χ4n) is 4.78. The Morgan fingerprint density at radius 3 is 2.42 bits per heavy atom. The van der Waals surface area contributed by atoms with Crippen molar-refractivity contribution in [2.45, 2.75) is 64.1 Å². The molecule has 0 bridgehead atoms. The van der Waals surface area contributed by atoms with E-state index in [1.165, 1.54) is 6.92 Å². The zero-order valence-corrected chi connectivity index (χ0v) is 24.1. The Balaban J connectivity index is 1.64. The summed E-state index contributed by atoms with van der Waals surface area (Å²) in [6.45, 7) is 5.27. The number of carbonyl (C=O) groups is 3. The molecule has 2 aromatic carbocycles. The average molecular weight is 573 g/mol. The molecule has 218 valence electrons. The number of carbonyl (C=O) groups excluding carboxylic acids is 2. The molecular formula is C30H40N2O7S. The second-order valence-corrected chi connectivity index (χ2v) is 11.4. The van der Waals surface area contributed by atoms with Gasteiger partial charge in [-0.2, -0.15) is 11.8 Å². The molecule has 9 nitrogen and oxygen atoms in total. The molecule has 3 rings (SSSR count). The maximum atomic E-state index is 12.8. The normalized spacial score (nSPS) is 22.2. The third-order valence-electron chi connectivity index (χ3n) is 7.05. The van der Waals surface area contributed by atoms with Crippen LogP contribution in [0.15, 0.2) is 54.6 Å². The topological polar surface area (TPSA) is 134 Å². The third-order valence-corrected chi connectivity index (χ3v) is 8.03. The molecule has 2 aromatic rings. The molecule has 0 saturated carbocycles. The van der Waals surface area contributed by atoms with E-state index < -0.39 is 35.9 Å². The SMILES string of the molecule is CCSCCCO[C@]1(C(=O)O)CC[C@@H](NC(C)=O)C([C@H](C)[C@H](O)CNC(=O)c2ccc(-c3ccccc3)cc2)O1. The Bertz CT molecular complexity index is 1110. The second kappa shape index (κ2) is 15.2. The molecule has 0 aromatic heterocycles. The van der Waals surface area contributed by atoms with Crippen molar-refractivity contribution in [3.05, 3.63) is 60.2 Å². The Morgan fingerprint density at radius 2 is 1.80 bits per heavy atom. The van der Waals surface area contributed by atoms with Gasteiger partial charge < -0.3 is 30.3 Å². The van der Waals surface area contributed by atoms with E-state index in [4.69, 9.17) is 9.47 Å². The number of nitrogens with one attached hydrogen (secondary N) is 2. The van der Waals surface area contributed by atoms with Crippen LogP contribution in [0.4, 0.5) is 0 Å². The van der Waals surface area contributed by atoms with Crippen LogP contribution in [0, 0.1) is 5.92 Å². The van der Waals surface area contributed by atoms with Crippen molar-refractivity contribution in [2.75, 3.05) is 24.7 Å². The van der Waals surface area contributed by atoms with Gasteiger partial charge in [0, 0.05) is 31.4 Å². The third kappa shape index (κ3) is 8.54. The van der Waals surface area contributed by atoms with Gasteiger partial charge in [-0.05, 0) is 47.6 Å². The van der Waals surface area contributed by atoms with E-state index in [1.807, 2.05) is 42.5 Å². The molecule has 5 atom stereocenters. The number of hydrogen-bond acceptors (Lipinski definition) is 7. The van der Waals surface area contributed by atoms with E-state index in [0.29, 0.717) is 18.4 Å². The average Bonchev–Trinajstić information content (AvgIpc) is 2.96. The molecule has 10 heteroatoms. The van der Waals surface area contributed by atoms with Crippen LogP contribution >= 0.6 is 11.8 Å². The number of aliphatic carboxylic acids is 1. The lowest BCUT2D eigenvalue weighted by Crippen LogP contribution is -2.61. The summed E-state index contributed by atoms with van der Waals surface area (Å²) < 4.78 is 11.9. The number of amides is 2. The number of benzene rings is 2. The first-order valence-corrected chi connectivity index (χ1v) is 14.8. The van der Waals surface area contributed by atoms with Crippen molar-refractivity contribution in [1.29, 1.82) is 0 Å². The van der Waals surface area contributed by atoms with Gasteiger partial charge in [-0.25, -0.2) is 4.79 Å². The van der Waals surface area contributed by atoms with Gasteiger partial charge in [0.1, 0.15) is 0 Å². The first kappa shape index (κ1) is 31.6. The van der Waals surface area contributed by atoms with Crippen LogP contribution < -0.4 is 10.6 Å².